The maximum atomic E-state index is 13.6. The number of hydrogen-bond acceptors (Lipinski definition) is 0. The molecule has 0 aliphatic heterocycles. The zero-order chi connectivity index (χ0) is 24.5. The van der Waals surface area contributed by atoms with Gasteiger partial charge in [0.15, 0.2) is 0 Å². The fourth-order valence-electron chi connectivity index (χ4n) is 4.33. The van der Waals surface area contributed by atoms with Gasteiger partial charge in [0.25, 0.3) is 0 Å². The number of halogens is 3. The molecule has 33 heavy (non-hydrogen) atoms. The quantitative estimate of drug-likeness (QED) is 0.240. The van der Waals surface area contributed by atoms with Gasteiger partial charge in [-0.2, -0.15) is 22.7 Å². The lowest BCUT2D eigenvalue weighted by Crippen LogP contribution is -2.67. The normalized spacial score (nSPS) is 11.6. The van der Waals surface area contributed by atoms with Gasteiger partial charge in [0.2, 0.25) is 0 Å². The third-order valence-electron chi connectivity index (χ3n) is 5.81. The van der Waals surface area contributed by atoms with Gasteiger partial charge >= 0.3 is 0 Å². The van der Waals surface area contributed by atoms with Crippen LogP contribution in [-0.4, -0.2) is 38.8 Å². The third kappa shape index (κ3) is 8.08. The molecule has 1 nitrogen and oxygen atoms in total. The minimum atomic E-state index is -1.47. The predicted molar refractivity (Wildman–Crippen MR) is 137 cm³/mol. The second-order valence-corrected chi connectivity index (χ2v) is 10.2. The Balaban J connectivity index is 0.000000696. The second kappa shape index (κ2) is 12.1. The van der Waals surface area contributed by atoms with Crippen molar-refractivity contribution < 1.29 is 17.7 Å². The molecule has 0 bridgehead atoms. The van der Waals surface area contributed by atoms with E-state index in [0.717, 1.165) is 52.9 Å². The van der Waals surface area contributed by atoms with Gasteiger partial charge in [0.1, 0.15) is 17.5 Å². The Hall–Kier alpha value is -2.53. The molecule has 0 heterocycles. The summed E-state index contributed by atoms with van der Waals surface area (Å²) in [5, 5.41) is 0. The van der Waals surface area contributed by atoms with Gasteiger partial charge in [-0.3, -0.25) is 0 Å². The molecule has 0 spiro atoms. The molecule has 0 aliphatic carbocycles. The van der Waals surface area contributed by atoms with E-state index in [1.165, 1.54) is 36.4 Å². The third-order valence-corrected chi connectivity index (χ3v) is 5.81. The van der Waals surface area contributed by atoms with Gasteiger partial charge in [0.05, 0.1) is 34.3 Å². The topological polar surface area (TPSA) is 0 Å². The molecule has 0 amide bonds. The van der Waals surface area contributed by atoms with E-state index in [4.69, 9.17) is 0 Å². The van der Waals surface area contributed by atoms with Crippen LogP contribution in [0.3, 0.4) is 0 Å². The van der Waals surface area contributed by atoms with Crippen LogP contribution in [0, 0.1) is 17.5 Å². The van der Waals surface area contributed by atoms with Crippen molar-refractivity contribution in [3.05, 3.63) is 90.2 Å². The van der Waals surface area contributed by atoms with Crippen LogP contribution < -0.4 is 16.4 Å². The molecule has 3 rings (SSSR count). The number of hydrogen-bond donors (Lipinski definition) is 0. The van der Waals surface area contributed by atoms with Gasteiger partial charge < -0.3 is 4.48 Å². The molecule has 3 aromatic rings. The molecule has 0 unspecified atom stereocenters. The smallest absolute Gasteiger partial charge is 0.122 e. The molecular weight excluding hydrogens is 418 g/mol. The van der Waals surface area contributed by atoms with Gasteiger partial charge in [-0.05, 0) is 36.4 Å². The molecular formula is C28H37BF3N. The lowest BCUT2D eigenvalue weighted by molar-refractivity contribution is -0.849. The highest BCUT2D eigenvalue weighted by Gasteiger charge is 2.29. The van der Waals surface area contributed by atoms with Crippen LogP contribution in [0.1, 0.15) is 32.6 Å². The maximum Gasteiger partial charge on any atom is 0.122 e. The number of quaternary nitrogens is 1. The van der Waals surface area contributed by atoms with Crippen molar-refractivity contribution in [3.63, 3.8) is 0 Å². The van der Waals surface area contributed by atoms with Crippen molar-refractivity contribution in [3.8, 4) is 0 Å². The fraction of sp³-hybridized carbons (Fsp3) is 0.357. The highest BCUT2D eigenvalue weighted by molar-refractivity contribution is 7.11. The first kappa shape index (κ1) is 26.7. The van der Waals surface area contributed by atoms with E-state index in [9.17, 15) is 13.2 Å². The van der Waals surface area contributed by atoms with Crippen molar-refractivity contribution in [2.75, 3.05) is 28.2 Å². The molecule has 0 atom stereocenters. The molecule has 5 heteroatoms. The summed E-state index contributed by atoms with van der Waals surface area (Å²) in [4.78, 5) is 0. The van der Waals surface area contributed by atoms with Crippen LogP contribution in [0.15, 0.2) is 72.8 Å². The van der Waals surface area contributed by atoms with Crippen LogP contribution in [0.5, 0.6) is 0 Å². The van der Waals surface area contributed by atoms with Crippen molar-refractivity contribution in [1.82, 2.24) is 0 Å². The zero-order valence-corrected chi connectivity index (χ0v) is 20.6. The first-order valence-electron chi connectivity index (χ1n) is 11.8. The molecule has 3 aromatic carbocycles. The molecule has 0 aliphatic rings. The Morgan fingerprint density at radius 3 is 1.12 bits per heavy atom. The van der Waals surface area contributed by atoms with Crippen molar-refractivity contribution >= 4 is 22.5 Å². The van der Waals surface area contributed by atoms with E-state index < -0.39 is 6.15 Å². The van der Waals surface area contributed by atoms with Crippen molar-refractivity contribution in [2.45, 2.75) is 38.9 Å². The average Bonchev–Trinajstić information content (AvgIpc) is 2.75. The predicted octanol–water partition coefficient (Wildman–Crippen LogP) is 5.48. The minimum absolute atomic E-state index is 0.294. The zero-order valence-electron chi connectivity index (χ0n) is 20.6. The Morgan fingerprint density at radius 2 is 0.848 bits per heavy atom. The number of benzene rings is 3. The van der Waals surface area contributed by atoms with Crippen LogP contribution in [0.2, 0.25) is 6.32 Å². The van der Waals surface area contributed by atoms with Crippen molar-refractivity contribution in [2.24, 2.45) is 0 Å². The first-order chi connectivity index (χ1) is 15.6. The van der Waals surface area contributed by atoms with E-state index in [-0.39, 0.29) is 17.5 Å². The summed E-state index contributed by atoms with van der Waals surface area (Å²) in [6.07, 6.45) is 3.71. The Morgan fingerprint density at radius 1 is 0.545 bits per heavy atom. The van der Waals surface area contributed by atoms with Crippen LogP contribution in [-0.2, 0) is 0 Å². The maximum absolute atomic E-state index is 13.6. The Kier molecular flexibility index (Phi) is 9.78. The van der Waals surface area contributed by atoms with Crippen LogP contribution in [0.25, 0.3) is 0 Å². The highest BCUT2D eigenvalue weighted by atomic mass is 19.1. The van der Waals surface area contributed by atoms with E-state index in [2.05, 4.69) is 35.1 Å². The summed E-state index contributed by atoms with van der Waals surface area (Å²) in [6.45, 7) is 2.16. The molecule has 178 valence electrons. The standard InChI is InChI=1S/C24H25BF3.C4H12N/c1-2-3-4-5-18-25(19-6-12-22(26)13-7-19,20-8-14-23(27)15-9-20)21-10-16-24(28)17-11-21;1-5(2,3)4/h6-17H,2-5,18H2,1H3;1-4H3/q-1;+1. The largest absolute Gasteiger partial charge is 0.333 e. The molecule has 0 radical (unpaired) electrons. The summed E-state index contributed by atoms with van der Waals surface area (Å²) in [7, 11) is 8.50. The number of rotatable bonds is 8. The summed E-state index contributed by atoms with van der Waals surface area (Å²) in [5.74, 6) is -0.882. The Labute approximate surface area is 197 Å². The summed E-state index contributed by atoms with van der Waals surface area (Å²) >= 11 is 0. The Bertz CT molecular complexity index is 845. The van der Waals surface area contributed by atoms with E-state index >= 15 is 0 Å². The van der Waals surface area contributed by atoms with Crippen LogP contribution in [0.4, 0.5) is 13.2 Å². The second-order valence-electron chi connectivity index (χ2n) is 10.2. The van der Waals surface area contributed by atoms with Gasteiger partial charge in [-0.15, -0.1) is 0 Å². The highest BCUT2D eigenvalue weighted by Crippen LogP contribution is 2.18. The van der Waals surface area contributed by atoms with E-state index in [1.807, 2.05) is 36.4 Å². The molecule has 0 N–H and O–H groups in total. The number of unbranched alkanes of at least 4 members (excludes halogenated alkanes) is 3. The van der Waals surface area contributed by atoms with Gasteiger partial charge in [0, 0.05) is 0 Å². The average molecular weight is 455 g/mol. The van der Waals surface area contributed by atoms with E-state index in [0.29, 0.717) is 0 Å². The lowest BCUT2D eigenvalue weighted by Gasteiger charge is -2.43. The van der Waals surface area contributed by atoms with Gasteiger partial charge in [-0.25, -0.2) is 13.2 Å². The summed E-state index contributed by atoms with van der Waals surface area (Å²) in [6, 6.07) is 19.6. The van der Waals surface area contributed by atoms with E-state index in [1.54, 1.807) is 0 Å². The SMILES string of the molecule is CCCCCC[B-](c1ccc(F)cc1)(c1ccc(F)cc1)c1ccc(F)cc1.C[N+](C)(C)C. The van der Waals surface area contributed by atoms with Crippen LogP contribution >= 0.6 is 0 Å². The first-order valence-corrected chi connectivity index (χ1v) is 11.8. The summed E-state index contributed by atoms with van der Waals surface area (Å²) < 4.78 is 41.9. The molecule has 0 aromatic heterocycles. The summed E-state index contributed by atoms with van der Waals surface area (Å²) in [5.41, 5.74) is 2.95. The number of nitrogens with zero attached hydrogens (tertiary/aromatic N) is 1. The monoisotopic (exact) mass is 455 g/mol. The minimum Gasteiger partial charge on any atom is -0.333 e. The lowest BCUT2D eigenvalue weighted by atomic mass is 9.14. The molecule has 0 fully saturated rings. The van der Waals surface area contributed by atoms with Crippen molar-refractivity contribution in [1.29, 1.82) is 0 Å². The van der Waals surface area contributed by atoms with Gasteiger partial charge in [-0.1, -0.05) is 69.0 Å². The fourth-order valence-corrected chi connectivity index (χ4v) is 4.33. The molecule has 0 saturated carbocycles. The molecule has 0 saturated heterocycles.